The van der Waals surface area contributed by atoms with Gasteiger partial charge in [0.1, 0.15) is 0 Å². The van der Waals surface area contributed by atoms with E-state index in [9.17, 15) is 14.7 Å². The number of para-hydroxylation sites is 1. The van der Waals surface area contributed by atoms with Gasteiger partial charge in [0.2, 0.25) is 11.8 Å². The summed E-state index contributed by atoms with van der Waals surface area (Å²) in [5, 5.41) is 20.1. The van der Waals surface area contributed by atoms with Crippen molar-refractivity contribution in [2.75, 3.05) is 23.9 Å². The van der Waals surface area contributed by atoms with E-state index in [2.05, 4.69) is 10.2 Å². The Bertz CT molecular complexity index is 2570. The molecule has 5 aromatic carbocycles. The van der Waals surface area contributed by atoms with E-state index < -0.39 is 52.5 Å². The third kappa shape index (κ3) is 5.73. The van der Waals surface area contributed by atoms with Gasteiger partial charge < -0.3 is 10.0 Å². The molecular formula is C48H39FN4O5. The van der Waals surface area contributed by atoms with Gasteiger partial charge in [0, 0.05) is 42.8 Å². The number of azo groups is 1. The van der Waals surface area contributed by atoms with Gasteiger partial charge in [0.05, 0.1) is 34.3 Å². The highest BCUT2D eigenvalue weighted by Crippen LogP contribution is 2.64. The first-order valence-corrected chi connectivity index (χ1v) is 19.3. The normalized spacial score (nSPS) is 25.2. The summed E-state index contributed by atoms with van der Waals surface area (Å²) in [4.78, 5) is 62.4. The van der Waals surface area contributed by atoms with Gasteiger partial charge in [-0.15, -0.1) is 0 Å². The number of fused-ring (bicyclic) bond motifs is 4. The van der Waals surface area contributed by atoms with Crippen molar-refractivity contribution in [3.8, 4) is 5.75 Å². The zero-order chi connectivity index (χ0) is 40.3. The van der Waals surface area contributed by atoms with Crippen LogP contribution in [0.5, 0.6) is 5.75 Å². The Morgan fingerprint density at radius 2 is 1.38 bits per heavy atom. The Hall–Kier alpha value is -6.81. The quantitative estimate of drug-likeness (QED) is 0.100. The number of Topliss-reactive ketones (excluding diaryl/α,β-unsaturated/α-hetero) is 1. The van der Waals surface area contributed by atoms with Crippen molar-refractivity contribution < 1.29 is 28.7 Å². The van der Waals surface area contributed by atoms with E-state index in [4.69, 9.17) is 0 Å². The lowest BCUT2D eigenvalue weighted by atomic mass is 9.44. The van der Waals surface area contributed by atoms with Crippen molar-refractivity contribution in [3.05, 3.63) is 168 Å². The van der Waals surface area contributed by atoms with Crippen molar-refractivity contribution in [1.82, 2.24) is 0 Å². The molecule has 10 heteroatoms. The molecule has 3 aliphatic carbocycles. The molecule has 9 rings (SSSR count). The standard InChI is InChI=1S/C48H39FN4O5/c1-52(2)32-20-16-30(17-21-32)50-51-31-18-22-33(23-19-31)53-46(57)35-25-24-34-38(42(35)47(53)58)26-39-44(55)37(28-10-5-3-6-11-28)27-41(54)48(39,29-12-7-4-8-13-29)43(34)36-14-9-15-40(49)45(36)56/h3-24,27,35,38-39,42-43,56H,25-26H2,1-2H3. The van der Waals surface area contributed by atoms with Crippen LogP contribution < -0.4 is 9.80 Å². The maximum absolute atomic E-state index is 15.4. The summed E-state index contributed by atoms with van der Waals surface area (Å²) in [5.41, 5.74) is 3.21. The highest BCUT2D eigenvalue weighted by molar-refractivity contribution is 6.32. The molecule has 9 nitrogen and oxygen atoms in total. The van der Waals surface area contributed by atoms with E-state index in [1.54, 1.807) is 78.9 Å². The summed E-state index contributed by atoms with van der Waals surface area (Å²) in [7, 11) is 3.91. The second-order valence-electron chi connectivity index (χ2n) is 15.6. The van der Waals surface area contributed by atoms with Crippen molar-refractivity contribution >= 4 is 51.7 Å². The van der Waals surface area contributed by atoms with Gasteiger partial charge in [0.25, 0.3) is 0 Å². The van der Waals surface area contributed by atoms with E-state index in [1.807, 2.05) is 61.5 Å². The summed E-state index contributed by atoms with van der Waals surface area (Å²) >= 11 is 0. The minimum atomic E-state index is -1.58. The van der Waals surface area contributed by atoms with E-state index in [0.29, 0.717) is 33.8 Å². The largest absolute Gasteiger partial charge is 0.505 e. The second-order valence-corrected chi connectivity index (χ2v) is 15.6. The molecule has 6 atom stereocenters. The van der Waals surface area contributed by atoms with Gasteiger partial charge >= 0.3 is 0 Å². The van der Waals surface area contributed by atoms with E-state index >= 15 is 14.0 Å². The summed E-state index contributed by atoms with van der Waals surface area (Å²) in [6, 6.07) is 36.5. The number of phenols is 1. The lowest BCUT2D eigenvalue weighted by Gasteiger charge is -2.55. The number of allylic oxidation sites excluding steroid dienone is 4. The van der Waals surface area contributed by atoms with Gasteiger partial charge in [0.15, 0.2) is 23.1 Å². The predicted molar refractivity (Wildman–Crippen MR) is 219 cm³/mol. The lowest BCUT2D eigenvalue weighted by Crippen LogP contribution is -2.58. The molecule has 0 bridgehead atoms. The summed E-state index contributed by atoms with van der Waals surface area (Å²) in [6.45, 7) is 0. The first kappa shape index (κ1) is 36.8. The van der Waals surface area contributed by atoms with Crippen molar-refractivity contribution in [1.29, 1.82) is 0 Å². The summed E-state index contributed by atoms with van der Waals surface area (Å²) in [5.74, 6) is -7.21. The second kappa shape index (κ2) is 14.3. The minimum Gasteiger partial charge on any atom is -0.505 e. The fraction of sp³-hybridized carbons (Fsp3) is 0.208. The van der Waals surface area contributed by atoms with Crippen LogP contribution in [-0.4, -0.2) is 42.6 Å². The van der Waals surface area contributed by atoms with Crippen LogP contribution in [0, 0.1) is 29.5 Å². The number of ketones is 2. The average molecular weight is 771 g/mol. The van der Waals surface area contributed by atoms with Crippen LogP contribution in [0.3, 0.4) is 0 Å². The first-order valence-electron chi connectivity index (χ1n) is 19.3. The number of carbonyl (C=O) groups excluding carboxylic acids is 4. The number of imide groups is 1. The fourth-order valence-corrected chi connectivity index (χ4v) is 9.84. The van der Waals surface area contributed by atoms with Crippen LogP contribution in [0.4, 0.5) is 27.1 Å². The number of carbonyl (C=O) groups is 4. The molecule has 5 aromatic rings. The number of benzene rings is 5. The van der Waals surface area contributed by atoms with Crippen LogP contribution in [0.15, 0.2) is 155 Å². The van der Waals surface area contributed by atoms with Crippen LogP contribution in [0.25, 0.3) is 5.57 Å². The number of phenolic OH excluding ortho intramolecular Hbond substituents is 1. The van der Waals surface area contributed by atoms with Crippen LogP contribution in [0.1, 0.15) is 35.4 Å². The molecule has 58 heavy (non-hydrogen) atoms. The lowest BCUT2D eigenvalue weighted by molar-refractivity contribution is -0.135. The number of amides is 2. The van der Waals surface area contributed by atoms with Gasteiger partial charge in [-0.25, -0.2) is 4.39 Å². The molecule has 1 aliphatic heterocycles. The molecule has 1 N–H and O–H groups in total. The molecule has 2 fully saturated rings. The average Bonchev–Trinajstić information content (AvgIpc) is 3.51. The molecule has 4 aliphatic rings. The molecule has 0 aromatic heterocycles. The van der Waals surface area contributed by atoms with Crippen LogP contribution >= 0.6 is 0 Å². The molecule has 0 radical (unpaired) electrons. The van der Waals surface area contributed by atoms with E-state index in [0.717, 1.165) is 11.8 Å². The highest BCUT2D eigenvalue weighted by atomic mass is 19.1. The minimum absolute atomic E-state index is 0.0882. The third-order valence-corrected chi connectivity index (χ3v) is 12.5. The number of rotatable bonds is 7. The Balaban J connectivity index is 1.12. The Kier molecular flexibility index (Phi) is 9.07. The van der Waals surface area contributed by atoms with E-state index in [-0.39, 0.29) is 41.5 Å². The number of hydrogen-bond acceptors (Lipinski definition) is 8. The Morgan fingerprint density at radius 1 is 0.741 bits per heavy atom. The number of hydrogen-bond donors (Lipinski definition) is 1. The van der Waals surface area contributed by atoms with Crippen LogP contribution in [0.2, 0.25) is 0 Å². The van der Waals surface area contributed by atoms with Crippen molar-refractivity contribution in [2.24, 2.45) is 33.9 Å². The first-order chi connectivity index (χ1) is 28.1. The zero-order valence-corrected chi connectivity index (χ0v) is 31.8. The molecule has 1 saturated carbocycles. The number of anilines is 2. The third-order valence-electron chi connectivity index (χ3n) is 12.5. The van der Waals surface area contributed by atoms with Crippen LogP contribution in [-0.2, 0) is 24.6 Å². The zero-order valence-electron chi connectivity index (χ0n) is 31.8. The van der Waals surface area contributed by atoms with Gasteiger partial charge in [-0.2, -0.15) is 10.2 Å². The summed E-state index contributed by atoms with van der Waals surface area (Å²) < 4.78 is 15.4. The molecule has 2 amide bonds. The van der Waals surface area contributed by atoms with Gasteiger partial charge in [-0.05, 0) is 90.6 Å². The van der Waals surface area contributed by atoms with Gasteiger partial charge in [-0.3, -0.25) is 24.1 Å². The van der Waals surface area contributed by atoms with Crippen molar-refractivity contribution in [2.45, 2.75) is 24.2 Å². The number of halogens is 1. The Labute approximate surface area is 334 Å². The smallest absolute Gasteiger partial charge is 0.238 e. The Morgan fingerprint density at radius 3 is 2.03 bits per heavy atom. The SMILES string of the molecule is CN(C)c1ccc(N=Nc2ccc(N3C(=O)C4CC=C5C(CC6C(=O)C(c7ccccc7)=CC(=O)C6(c6ccccc6)C5c5cccc(F)c5O)C4C3=O)cc2)cc1. The van der Waals surface area contributed by atoms with Gasteiger partial charge in [-0.1, -0.05) is 84.4 Å². The molecule has 1 saturated heterocycles. The maximum Gasteiger partial charge on any atom is 0.238 e. The van der Waals surface area contributed by atoms with E-state index in [1.165, 1.54) is 17.0 Å². The molecule has 1 heterocycles. The molecule has 6 unspecified atom stereocenters. The fourth-order valence-electron chi connectivity index (χ4n) is 9.84. The number of nitrogens with zero attached hydrogens (tertiary/aromatic N) is 4. The monoisotopic (exact) mass is 770 g/mol. The topological polar surface area (TPSA) is 120 Å². The summed E-state index contributed by atoms with van der Waals surface area (Å²) in [6.07, 6.45) is 3.56. The molecular weight excluding hydrogens is 732 g/mol. The maximum atomic E-state index is 15.4. The van der Waals surface area contributed by atoms with Crippen molar-refractivity contribution in [3.63, 3.8) is 0 Å². The number of aromatic hydroxyl groups is 1. The molecule has 0 spiro atoms. The highest BCUT2D eigenvalue weighted by Gasteiger charge is 2.66. The predicted octanol–water partition coefficient (Wildman–Crippen LogP) is 9.04. The molecule has 288 valence electrons.